The first-order chi connectivity index (χ1) is 11.8. The first kappa shape index (κ1) is 24.9. The van der Waals surface area contributed by atoms with E-state index in [-0.39, 0.29) is 0 Å². The highest BCUT2D eigenvalue weighted by Crippen LogP contribution is 2.38. The lowest BCUT2D eigenvalue weighted by molar-refractivity contribution is 0.486. The summed E-state index contributed by atoms with van der Waals surface area (Å²) in [6.45, 7) is 16.7. The van der Waals surface area contributed by atoms with E-state index in [0.29, 0.717) is 0 Å². The molecule has 0 heteroatoms. The normalized spacial score (nSPS) is 20.3. The molecule has 0 amide bonds. The summed E-state index contributed by atoms with van der Waals surface area (Å²) in [5, 5.41) is 0. The Labute approximate surface area is 153 Å². The summed E-state index contributed by atoms with van der Waals surface area (Å²) in [6.07, 6.45) is 10.2. The molecule has 2 unspecified atom stereocenters. The SMILES string of the molecule is CC.CC.CC.CC1C=CCC2=C1C(C)CCC2.c1ccccc1. The number of hydrogen-bond acceptors (Lipinski definition) is 0. The molecule has 0 bridgehead atoms. The molecule has 0 nitrogen and oxygen atoms in total. The second kappa shape index (κ2) is 18.0. The van der Waals surface area contributed by atoms with Gasteiger partial charge in [-0.25, -0.2) is 0 Å². The van der Waals surface area contributed by atoms with Crippen molar-refractivity contribution in [2.75, 3.05) is 0 Å². The highest BCUT2D eigenvalue weighted by atomic mass is 14.3. The largest absolute Gasteiger partial charge is 0.0839 e. The van der Waals surface area contributed by atoms with Crippen molar-refractivity contribution in [3.63, 3.8) is 0 Å². The van der Waals surface area contributed by atoms with Crippen LogP contribution in [0.1, 0.15) is 81.1 Å². The molecule has 2 aliphatic carbocycles. The second-order valence-corrected chi connectivity index (χ2v) is 5.43. The molecule has 1 aromatic rings. The monoisotopic (exact) mass is 330 g/mol. The van der Waals surface area contributed by atoms with Crippen LogP contribution in [0.4, 0.5) is 0 Å². The van der Waals surface area contributed by atoms with Crippen molar-refractivity contribution in [2.45, 2.75) is 81.1 Å². The standard InChI is InChI=1S/C12H18.C6H6.3C2H6/c1-9-5-3-7-11-8-4-6-10(2)12(9)11;1-2-4-6-5-3-1;3*1-2/h3,5,9-10H,4,6-8H2,1-2H3;1-6H;3*1-2H3. The average Bonchev–Trinajstić information content (AvgIpc) is 2.69. The van der Waals surface area contributed by atoms with E-state index in [9.17, 15) is 0 Å². The summed E-state index contributed by atoms with van der Waals surface area (Å²) in [5.41, 5.74) is 3.52. The van der Waals surface area contributed by atoms with Crippen LogP contribution < -0.4 is 0 Å². The first-order valence-electron chi connectivity index (χ1n) is 10.2. The fraction of sp³-hybridized carbons (Fsp3) is 0.583. The van der Waals surface area contributed by atoms with Gasteiger partial charge in [0.15, 0.2) is 0 Å². The van der Waals surface area contributed by atoms with Gasteiger partial charge in [0.1, 0.15) is 0 Å². The van der Waals surface area contributed by atoms with Gasteiger partial charge >= 0.3 is 0 Å². The summed E-state index contributed by atoms with van der Waals surface area (Å²) in [5.74, 6) is 1.58. The molecule has 3 rings (SSSR count). The van der Waals surface area contributed by atoms with Crippen LogP contribution in [0.15, 0.2) is 59.7 Å². The third-order valence-electron chi connectivity index (χ3n) is 4.00. The number of benzene rings is 1. The highest BCUT2D eigenvalue weighted by molar-refractivity contribution is 5.30. The second-order valence-electron chi connectivity index (χ2n) is 5.43. The van der Waals surface area contributed by atoms with Gasteiger partial charge in [-0.2, -0.15) is 0 Å². The number of rotatable bonds is 0. The Morgan fingerprint density at radius 3 is 1.62 bits per heavy atom. The Morgan fingerprint density at radius 1 is 0.750 bits per heavy atom. The maximum atomic E-state index is 2.39. The minimum absolute atomic E-state index is 0.726. The quantitative estimate of drug-likeness (QED) is 0.418. The molecule has 0 N–H and O–H groups in total. The molecule has 0 saturated carbocycles. The maximum Gasteiger partial charge on any atom is -0.00461 e. The summed E-state index contributed by atoms with van der Waals surface area (Å²) in [6, 6.07) is 12.0. The van der Waals surface area contributed by atoms with E-state index in [1.807, 2.05) is 77.9 Å². The Hall–Kier alpha value is -1.30. The van der Waals surface area contributed by atoms with Crippen LogP contribution in [0.3, 0.4) is 0 Å². The fourth-order valence-corrected chi connectivity index (χ4v) is 3.16. The van der Waals surface area contributed by atoms with Crippen molar-refractivity contribution >= 4 is 0 Å². The number of hydrogen-bond donors (Lipinski definition) is 0. The van der Waals surface area contributed by atoms with E-state index in [1.165, 1.54) is 25.7 Å². The van der Waals surface area contributed by atoms with Gasteiger partial charge in [0.25, 0.3) is 0 Å². The molecule has 138 valence electrons. The molecule has 0 heterocycles. The van der Waals surface area contributed by atoms with Gasteiger partial charge in [0.2, 0.25) is 0 Å². The highest BCUT2D eigenvalue weighted by Gasteiger charge is 2.23. The van der Waals surface area contributed by atoms with Gasteiger partial charge in [0.05, 0.1) is 0 Å². The maximum absolute atomic E-state index is 2.39. The lowest BCUT2D eigenvalue weighted by atomic mass is 9.74. The van der Waals surface area contributed by atoms with Crippen molar-refractivity contribution < 1.29 is 0 Å². The van der Waals surface area contributed by atoms with E-state index in [2.05, 4.69) is 26.0 Å². The van der Waals surface area contributed by atoms with Crippen LogP contribution in [-0.2, 0) is 0 Å². The van der Waals surface area contributed by atoms with Crippen LogP contribution in [-0.4, -0.2) is 0 Å². The fourth-order valence-electron chi connectivity index (χ4n) is 3.16. The molecule has 0 spiro atoms. The van der Waals surface area contributed by atoms with Crippen molar-refractivity contribution in [1.82, 2.24) is 0 Å². The lowest BCUT2D eigenvalue weighted by Crippen LogP contribution is -2.16. The molecule has 2 aliphatic rings. The Kier molecular flexibility index (Phi) is 18.8. The molecule has 0 fully saturated rings. The number of allylic oxidation sites excluding steroid dienone is 4. The van der Waals surface area contributed by atoms with Gasteiger partial charge in [-0.15, -0.1) is 0 Å². The van der Waals surface area contributed by atoms with Crippen LogP contribution in [0.25, 0.3) is 0 Å². The zero-order chi connectivity index (χ0) is 18.8. The predicted octanol–water partition coefficient (Wildman–Crippen LogP) is 8.46. The molecule has 0 aliphatic heterocycles. The average molecular weight is 331 g/mol. The van der Waals surface area contributed by atoms with Gasteiger partial charge in [-0.1, -0.05) is 115 Å². The Morgan fingerprint density at radius 2 is 1.21 bits per heavy atom. The predicted molar refractivity (Wildman–Crippen MR) is 113 cm³/mol. The summed E-state index contributed by atoms with van der Waals surface area (Å²) in [4.78, 5) is 0. The third kappa shape index (κ3) is 9.75. The van der Waals surface area contributed by atoms with Gasteiger partial charge in [0, 0.05) is 0 Å². The van der Waals surface area contributed by atoms with Crippen LogP contribution in [0, 0.1) is 11.8 Å². The third-order valence-corrected chi connectivity index (χ3v) is 4.00. The lowest BCUT2D eigenvalue weighted by Gasteiger charge is -2.31. The molecule has 0 saturated heterocycles. The van der Waals surface area contributed by atoms with Gasteiger partial charge in [-0.3, -0.25) is 0 Å². The van der Waals surface area contributed by atoms with E-state index < -0.39 is 0 Å². The summed E-state index contributed by atoms with van der Waals surface area (Å²) in [7, 11) is 0. The molecule has 24 heavy (non-hydrogen) atoms. The molecule has 1 aromatic carbocycles. The molecular weight excluding hydrogens is 288 g/mol. The van der Waals surface area contributed by atoms with E-state index in [1.54, 1.807) is 11.1 Å². The smallest absolute Gasteiger partial charge is 0.00461 e. The Bertz CT molecular complexity index is 384. The van der Waals surface area contributed by atoms with Crippen molar-refractivity contribution in [1.29, 1.82) is 0 Å². The van der Waals surface area contributed by atoms with Gasteiger partial charge in [-0.05, 0) is 37.5 Å². The van der Waals surface area contributed by atoms with Crippen molar-refractivity contribution in [2.24, 2.45) is 11.8 Å². The minimum Gasteiger partial charge on any atom is -0.0839 e. The van der Waals surface area contributed by atoms with Crippen LogP contribution in [0.5, 0.6) is 0 Å². The van der Waals surface area contributed by atoms with Crippen molar-refractivity contribution in [3.8, 4) is 0 Å². The van der Waals surface area contributed by atoms with Gasteiger partial charge < -0.3 is 0 Å². The summed E-state index contributed by atoms with van der Waals surface area (Å²) >= 11 is 0. The molecular formula is C24H42. The van der Waals surface area contributed by atoms with E-state index in [4.69, 9.17) is 0 Å². The minimum atomic E-state index is 0.726. The molecule has 0 radical (unpaired) electrons. The van der Waals surface area contributed by atoms with Crippen LogP contribution >= 0.6 is 0 Å². The Balaban J connectivity index is 0. The first-order valence-corrected chi connectivity index (χ1v) is 10.2. The zero-order valence-corrected chi connectivity index (χ0v) is 17.6. The van der Waals surface area contributed by atoms with Crippen LogP contribution in [0.2, 0.25) is 0 Å². The van der Waals surface area contributed by atoms with E-state index >= 15 is 0 Å². The molecule has 0 aromatic heterocycles. The zero-order valence-electron chi connectivity index (χ0n) is 17.6. The topological polar surface area (TPSA) is 0 Å². The molecule has 2 atom stereocenters. The van der Waals surface area contributed by atoms with Crippen molar-refractivity contribution in [3.05, 3.63) is 59.7 Å². The summed E-state index contributed by atoms with van der Waals surface area (Å²) < 4.78 is 0. The van der Waals surface area contributed by atoms with E-state index in [0.717, 1.165) is 11.8 Å².